The third kappa shape index (κ3) is 6.35. The van der Waals surface area contributed by atoms with Crippen molar-refractivity contribution in [2.45, 2.75) is 73.9 Å². The molecule has 0 radical (unpaired) electrons. The van der Waals surface area contributed by atoms with Gasteiger partial charge in [-0.25, -0.2) is 0 Å². The molecule has 2 aromatic rings. The van der Waals surface area contributed by atoms with Crippen LogP contribution in [-0.4, -0.2) is 102 Å². The molecule has 50 heavy (non-hydrogen) atoms. The van der Waals surface area contributed by atoms with E-state index in [1.165, 1.54) is 47.5 Å². The Hall–Kier alpha value is -3.05. The molecule has 2 aromatic carbocycles. The van der Waals surface area contributed by atoms with E-state index in [2.05, 4.69) is 77.4 Å². The molecule has 4 fully saturated rings. The van der Waals surface area contributed by atoms with Gasteiger partial charge in [0.1, 0.15) is 0 Å². The Balaban J connectivity index is 0.000000185. The van der Waals surface area contributed by atoms with Gasteiger partial charge < -0.3 is 38.2 Å². The predicted molar refractivity (Wildman–Crippen MR) is 203 cm³/mol. The Kier molecular flexibility index (Phi) is 10.9. The molecule has 9 nitrogen and oxygen atoms in total. The number of nitrogens with one attached hydrogen (secondary N) is 1. The molecule has 276 valence electrons. The first-order valence-corrected chi connectivity index (χ1v) is 19.2. The summed E-state index contributed by atoms with van der Waals surface area (Å²) in [5.74, 6) is 3.86. The summed E-state index contributed by atoms with van der Waals surface area (Å²) in [6.07, 6.45) is 11.3. The zero-order valence-electron chi connectivity index (χ0n) is 31.4. The summed E-state index contributed by atoms with van der Waals surface area (Å²) >= 11 is 2.07. The maximum Gasteiger partial charge on any atom is 0.190 e. The summed E-state index contributed by atoms with van der Waals surface area (Å²) in [6, 6.07) is 12.8. The zero-order chi connectivity index (χ0) is 35.6. The van der Waals surface area contributed by atoms with Crippen LogP contribution < -0.4 is 24.3 Å². The van der Waals surface area contributed by atoms with Gasteiger partial charge in [0.25, 0.3) is 0 Å². The minimum atomic E-state index is -0.520. The Morgan fingerprint density at radius 1 is 0.660 bits per heavy atom. The summed E-state index contributed by atoms with van der Waals surface area (Å²) in [7, 11) is 11.1. The topological polar surface area (TPSA) is 73.9 Å². The van der Waals surface area contributed by atoms with Crippen LogP contribution in [0.25, 0.3) is 0 Å². The van der Waals surface area contributed by atoms with E-state index in [4.69, 9.17) is 28.4 Å². The highest BCUT2D eigenvalue weighted by Gasteiger charge is 2.52. The predicted octanol–water partition coefficient (Wildman–Crippen LogP) is 6.96. The smallest absolute Gasteiger partial charge is 0.190 e. The molecule has 6 aliphatic rings. The second kappa shape index (κ2) is 14.9. The minimum Gasteiger partial charge on any atom is -0.493 e. The number of ether oxygens (including phenoxy) is 6. The molecule has 3 atom stereocenters. The molecular weight excluding hydrogens is 651 g/mol. The lowest BCUT2D eigenvalue weighted by Crippen LogP contribution is -2.44. The van der Waals surface area contributed by atoms with Gasteiger partial charge in [0, 0.05) is 69.6 Å². The van der Waals surface area contributed by atoms with Gasteiger partial charge in [-0.1, -0.05) is 26.0 Å². The van der Waals surface area contributed by atoms with Crippen LogP contribution in [0.1, 0.15) is 64.9 Å². The minimum absolute atomic E-state index is 0. The van der Waals surface area contributed by atoms with E-state index in [1.54, 1.807) is 28.4 Å². The largest absolute Gasteiger partial charge is 0.493 e. The van der Waals surface area contributed by atoms with E-state index in [-0.39, 0.29) is 17.1 Å². The molecule has 10 heteroatoms. The molecule has 1 N–H and O–H groups in total. The van der Waals surface area contributed by atoms with E-state index >= 15 is 0 Å². The highest BCUT2D eigenvalue weighted by atomic mass is 32.2. The number of likely N-dealkylation sites (tertiary alicyclic amines) is 2. The number of methoxy groups -OCH3 is 4. The highest BCUT2D eigenvalue weighted by Crippen LogP contribution is 2.55. The van der Waals surface area contributed by atoms with Crippen LogP contribution >= 0.6 is 11.8 Å². The van der Waals surface area contributed by atoms with Gasteiger partial charge in [0.15, 0.2) is 28.8 Å². The van der Waals surface area contributed by atoms with Crippen LogP contribution in [0.4, 0.5) is 0 Å². The number of hydrogen-bond donors (Lipinski definition) is 1. The van der Waals surface area contributed by atoms with Crippen molar-refractivity contribution in [2.75, 3.05) is 81.1 Å². The van der Waals surface area contributed by atoms with Crippen LogP contribution in [-0.2, 0) is 20.3 Å². The molecule has 4 aliphatic heterocycles. The van der Waals surface area contributed by atoms with E-state index in [0.717, 1.165) is 61.9 Å². The Labute approximate surface area is 305 Å². The van der Waals surface area contributed by atoms with Crippen molar-refractivity contribution >= 4 is 11.8 Å². The van der Waals surface area contributed by atoms with Gasteiger partial charge in [-0.3, -0.25) is 5.32 Å². The molecule has 2 spiro atoms. The van der Waals surface area contributed by atoms with E-state index in [1.807, 2.05) is 26.0 Å². The van der Waals surface area contributed by atoms with Crippen molar-refractivity contribution in [1.29, 1.82) is 0 Å². The highest BCUT2D eigenvalue weighted by molar-refractivity contribution is 8.01. The normalized spacial score (nSPS) is 28.9. The summed E-state index contributed by atoms with van der Waals surface area (Å²) in [5, 5.41) is 3.73. The van der Waals surface area contributed by atoms with Crippen LogP contribution in [0.5, 0.6) is 23.0 Å². The lowest BCUT2D eigenvalue weighted by molar-refractivity contribution is -0.130. The van der Waals surface area contributed by atoms with Crippen LogP contribution in [0, 0.1) is 0 Å². The summed E-state index contributed by atoms with van der Waals surface area (Å²) in [5.41, 5.74) is 5.54. The molecule has 0 bridgehead atoms. The molecule has 0 amide bonds. The fourth-order valence-corrected chi connectivity index (χ4v) is 10.2. The molecule has 4 heterocycles. The Morgan fingerprint density at radius 2 is 1.16 bits per heavy atom. The summed E-state index contributed by atoms with van der Waals surface area (Å²) in [6.45, 7) is 8.62. The van der Waals surface area contributed by atoms with Crippen molar-refractivity contribution in [3.63, 3.8) is 0 Å². The van der Waals surface area contributed by atoms with Gasteiger partial charge in [0.2, 0.25) is 0 Å². The third-order valence-corrected chi connectivity index (χ3v) is 13.0. The summed E-state index contributed by atoms with van der Waals surface area (Å²) < 4.78 is 33.8. The monoisotopic (exact) mass is 709 g/mol. The quantitative estimate of drug-likeness (QED) is 0.341. The molecule has 8 rings (SSSR count). The number of likely N-dealkylation sites (N-methyl/N-ethyl adjacent to an activating group) is 2. The first-order chi connectivity index (χ1) is 24.2. The number of rotatable bonds is 6. The molecule has 4 saturated heterocycles. The van der Waals surface area contributed by atoms with E-state index < -0.39 is 5.79 Å². The first kappa shape index (κ1) is 36.7. The average Bonchev–Trinajstić information content (AvgIpc) is 3.97. The molecule has 2 unspecified atom stereocenters. The summed E-state index contributed by atoms with van der Waals surface area (Å²) in [4.78, 5) is 4.93. The van der Waals surface area contributed by atoms with Gasteiger partial charge in [-0.2, -0.15) is 0 Å². The van der Waals surface area contributed by atoms with Crippen molar-refractivity contribution in [3.8, 4) is 23.0 Å². The first-order valence-electron chi connectivity index (χ1n) is 18.3. The van der Waals surface area contributed by atoms with Crippen molar-refractivity contribution < 1.29 is 29.8 Å². The number of hydrogen-bond acceptors (Lipinski definition) is 10. The van der Waals surface area contributed by atoms with Crippen molar-refractivity contribution in [2.24, 2.45) is 0 Å². The fraction of sp³-hybridized carbons (Fsp3) is 0.600. The number of thioether (sulfide) groups is 1. The fourth-order valence-electron chi connectivity index (χ4n) is 8.95. The lowest BCUT2D eigenvalue weighted by atomic mass is 9.69. The van der Waals surface area contributed by atoms with Gasteiger partial charge in [-0.05, 0) is 79.6 Å². The number of fused-ring (bicyclic) bond motifs is 2. The molecule has 0 saturated carbocycles. The lowest BCUT2D eigenvalue weighted by Gasteiger charge is -2.42. The van der Waals surface area contributed by atoms with E-state index in [9.17, 15) is 0 Å². The number of nitrogens with zero attached hydrogens (tertiary/aromatic N) is 2. The van der Waals surface area contributed by atoms with Crippen molar-refractivity contribution in [3.05, 3.63) is 71.1 Å². The average molecular weight is 710 g/mol. The van der Waals surface area contributed by atoms with Gasteiger partial charge in [0.05, 0.1) is 46.5 Å². The van der Waals surface area contributed by atoms with Crippen LogP contribution in [0.3, 0.4) is 0 Å². The molecule has 0 aromatic heterocycles. The zero-order valence-corrected chi connectivity index (χ0v) is 32.2. The Bertz CT molecular complexity index is 1460. The second-order valence-electron chi connectivity index (χ2n) is 13.9. The van der Waals surface area contributed by atoms with E-state index in [0.29, 0.717) is 13.2 Å². The van der Waals surface area contributed by atoms with Crippen molar-refractivity contribution in [1.82, 2.24) is 15.1 Å². The number of allylic oxidation sites excluding steroid dienone is 2. The third-order valence-electron chi connectivity index (χ3n) is 11.6. The van der Waals surface area contributed by atoms with Gasteiger partial charge >= 0.3 is 0 Å². The van der Waals surface area contributed by atoms with Crippen LogP contribution in [0.2, 0.25) is 0 Å². The van der Waals surface area contributed by atoms with Crippen LogP contribution in [0.15, 0.2) is 59.9 Å². The Morgan fingerprint density at radius 3 is 1.64 bits per heavy atom. The maximum absolute atomic E-state index is 5.93. The number of benzene rings is 2. The SMILES string of the molecule is CC.COc1ccc(C23CCN(C)C2=CC2(CC3)OCCO2)cc1OC.COc1ccc([C@]23CCN(C)C2=CC2(CC3)NCCS2)cc1OC.[HH]. The second-order valence-corrected chi connectivity index (χ2v) is 15.3. The maximum atomic E-state index is 5.93. The molecule has 2 aliphatic carbocycles. The standard InChI is InChI=1S/C19H26N2O2S.C19H25NO4.C2H6.H2/c1-21-10-8-18(14-4-5-15(22-2)16(12-14)23-3)6-7-19(13-17(18)21)20-9-11-24-19;1-20-9-8-18(14-4-5-15(21-2)16(12-14)22-3)6-7-19(13-17(18)20)23-10-11-24-19;1-2;/h4-5,12-13,20H,6-11H2,1-3H3;4-5,12-13H,6-11H2,1-3H3;1-2H3;1H/t18-,19?;;;/m0.../s1. The van der Waals surface area contributed by atoms with Gasteiger partial charge in [-0.15, -0.1) is 11.8 Å². The molecular formula is C40H59N3O6S.